The van der Waals surface area contributed by atoms with Crippen LogP contribution < -0.4 is 0 Å². The first kappa shape index (κ1) is 9.78. The molecular weight excluding hydrogens is 175 g/mol. The van der Waals surface area contributed by atoms with Crippen LogP contribution in [0.15, 0.2) is 10.5 Å². The standard InChI is InChI=1S/C9H13FOS/c1-5-7(12-4)6(2)9(3,10)8(5)11/h6H,1-4H3. The third kappa shape index (κ3) is 1.11. The number of halogens is 1. The molecule has 68 valence electrons. The zero-order chi connectivity index (χ0) is 9.52. The topological polar surface area (TPSA) is 17.1 Å². The van der Waals surface area contributed by atoms with Gasteiger partial charge in [-0.15, -0.1) is 11.8 Å². The van der Waals surface area contributed by atoms with Crippen molar-refractivity contribution in [1.29, 1.82) is 0 Å². The summed E-state index contributed by atoms with van der Waals surface area (Å²) in [6.07, 6.45) is 1.88. The van der Waals surface area contributed by atoms with E-state index in [1.54, 1.807) is 13.8 Å². The summed E-state index contributed by atoms with van der Waals surface area (Å²) in [5.74, 6) is -0.626. The minimum Gasteiger partial charge on any atom is -0.291 e. The Morgan fingerprint density at radius 1 is 1.58 bits per heavy atom. The zero-order valence-electron chi connectivity index (χ0n) is 7.77. The maximum absolute atomic E-state index is 13.7. The van der Waals surface area contributed by atoms with Crippen LogP contribution in [0.5, 0.6) is 0 Å². The van der Waals surface area contributed by atoms with E-state index in [1.165, 1.54) is 18.7 Å². The van der Waals surface area contributed by atoms with E-state index >= 15 is 0 Å². The van der Waals surface area contributed by atoms with Gasteiger partial charge in [0.05, 0.1) is 0 Å². The minimum absolute atomic E-state index is 0.278. The lowest BCUT2D eigenvalue weighted by Crippen LogP contribution is -2.31. The highest BCUT2D eigenvalue weighted by molar-refractivity contribution is 8.02. The van der Waals surface area contributed by atoms with E-state index < -0.39 is 5.67 Å². The first-order valence-corrected chi connectivity index (χ1v) is 5.13. The van der Waals surface area contributed by atoms with Crippen LogP contribution in [-0.2, 0) is 4.79 Å². The molecule has 0 N–H and O–H groups in total. The molecule has 3 heteroatoms. The summed E-state index contributed by atoms with van der Waals surface area (Å²) in [5, 5.41) is 0. The summed E-state index contributed by atoms with van der Waals surface area (Å²) < 4.78 is 13.7. The largest absolute Gasteiger partial charge is 0.291 e. The molecule has 2 unspecified atom stereocenters. The van der Waals surface area contributed by atoms with Crippen LogP contribution in [0.1, 0.15) is 20.8 Å². The van der Waals surface area contributed by atoms with E-state index in [1.807, 2.05) is 6.26 Å². The van der Waals surface area contributed by atoms with Crippen molar-refractivity contribution < 1.29 is 9.18 Å². The number of rotatable bonds is 1. The van der Waals surface area contributed by atoms with Gasteiger partial charge in [0.1, 0.15) is 0 Å². The summed E-state index contributed by atoms with van der Waals surface area (Å²) in [6, 6.07) is 0. The van der Waals surface area contributed by atoms with Crippen molar-refractivity contribution in [2.75, 3.05) is 6.26 Å². The van der Waals surface area contributed by atoms with Gasteiger partial charge in [0, 0.05) is 11.5 Å². The maximum atomic E-state index is 13.7. The molecule has 0 fully saturated rings. The Hall–Kier alpha value is -0.310. The highest BCUT2D eigenvalue weighted by Gasteiger charge is 2.47. The van der Waals surface area contributed by atoms with E-state index in [4.69, 9.17) is 0 Å². The Morgan fingerprint density at radius 2 is 2.08 bits per heavy atom. The summed E-state index contributed by atoms with van der Waals surface area (Å²) in [6.45, 7) is 4.84. The molecule has 0 aromatic rings. The number of hydrogen-bond donors (Lipinski definition) is 0. The Morgan fingerprint density at radius 3 is 2.25 bits per heavy atom. The van der Waals surface area contributed by atoms with Gasteiger partial charge >= 0.3 is 0 Å². The lowest BCUT2D eigenvalue weighted by molar-refractivity contribution is -0.125. The number of alkyl halides is 1. The molecular formula is C9H13FOS. The third-order valence-electron chi connectivity index (χ3n) is 2.58. The Kier molecular flexibility index (Phi) is 2.34. The molecule has 0 aliphatic heterocycles. The number of carbonyl (C=O) groups is 1. The van der Waals surface area contributed by atoms with Crippen LogP contribution in [0.2, 0.25) is 0 Å². The SMILES string of the molecule is CSC1=C(C)C(=O)C(C)(F)C1C. The van der Waals surface area contributed by atoms with Crippen molar-refractivity contribution in [3.8, 4) is 0 Å². The summed E-state index contributed by atoms with van der Waals surface area (Å²) in [5.41, 5.74) is -1.08. The zero-order valence-corrected chi connectivity index (χ0v) is 8.59. The molecule has 1 nitrogen and oxygen atoms in total. The van der Waals surface area contributed by atoms with Gasteiger partial charge in [-0.1, -0.05) is 6.92 Å². The predicted octanol–water partition coefficient (Wildman–Crippen LogP) is 2.57. The van der Waals surface area contributed by atoms with Crippen LogP contribution in [0, 0.1) is 5.92 Å². The fourth-order valence-corrected chi connectivity index (χ4v) is 2.55. The van der Waals surface area contributed by atoms with Gasteiger partial charge in [-0.25, -0.2) is 4.39 Å². The smallest absolute Gasteiger partial charge is 0.196 e. The summed E-state index contributed by atoms with van der Waals surface area (Å²) in [7, 11) is 0. The van der Waals surface area contributed by atoms with Crippen molar-refractivity contribution in [1.82, 2.24) is 0 Å². The van der Waals surface area contributed by atoms with E-state index in [9.17, 15) is 9.18 Å². The fourth-order valence-electron chi connectivity index (χ4n) is 1.58. The van der Waals surface area contributed by atoms with Gasteiger partial charge in [0.25, 0.3) is 0 Å². The van der Waals surface area contributed by atoms with Crippen LogP contribution >= 0.6 is 11.8 Å². The molecule has 2 atom stereocenters. The van der Waals surface area contributed by atoms with Gasteiger partial charge in [-0.2, -0.15) is 0 Å². The first-order valence-electron chi connectivity index (χ1n) is 3.91. The number of hydrogen-bond acceptors (Lipinski definition) is 2. The lowest BCUT2D eigenvalue weighted by atomic mass is 9.95. The Balaban J connectivity index is 3.11. The molecule has 0 spiro atoms. The van der Waals surface area contributed by atoms with Crippen LogP contribution in [0.25, 0.3) is 0 Å². The molecule has 0 heterocycles. The van der Waals surface area contributed by atoms with Crippen LogP contribution in [0.4, 0.5) is 4.39 Å². The summed E-state index contributed by atoms with van der Waals surface area (Å²) in [4.78, 5) is 12.3. The molecule has 1 aliphatic rings. The Labute approximate surface area is 76.4 Å². The first-order chi connectivity index (χ1) is 5.42. The van der Waals surface area contributed by atoms with Crippen molar-refractivity contribution in [2.45, 2.75) is 26.4 Å². The number of ketones is 1. The molecule has 0 aromatic heterocycles. The highest BCUT2D eigenvalue weighted by Crippen LogP contribution is 2.43. The van der Waals surface area contributed by atoms with E-state index in [0.717, 1.165) is 4.91 Å². The quantitative estimate of drug-likeness (QED) is 0.629. The molecule has 1 rings (SSSR count). The van der Waals surface area contributed by atoms with Gasteiger partial charge in [-0.05, 0) is 25.0 Å². The fraction of sp³-hybridized carbons (Fsp3) is 0.667. The molecule has 1 aliphatic carbocycles. The Bertz CT molecular complexity index is 255. The number of thioether (sulfide) groups is 1. The monoisotopic (exact) mass is 188 g/mol. The summed E-state index contributed by atoms with van der Waals surface area (Å²) >= 11 is 1.47. The van der Waals surface area contributed by atoms with E-state index in [2.05, 4.69) is 0 Å². The second kappa shape index (κ2) is 2.87. The lowest BCUT2D eigenvalue weighted by Gasteiger charge is -2.18. The highest BCUT2D eigenvalue weighted by atomic mass is 32.2. The van der Waals surface area contributed by atoms with Gasteiger partial charge in [-0.3, -0.25) is 4.79 Å². The van der Waals surface area contributed by atoms with E-state index in [-0.39, 0.29) is 11.7 Å². The second-order valence-electron chi connectivity index (χ2n) is 3.32. The van der Waals surface area contributed by atoms with Crippen LogP contribution in [-0.4, -0.2) is 17.7 Å². The van der Waals surface area contributed by atoms with Gasteiger partial charge < -0.3 is 0 Å². The number of allylic oxidation sites excluding steroid dienone is 2. The molecule has 0 saturated carbocycles. The molecule has 12 heavy (non-hydrogen) atoms. The van der Waals surface area contributed by atoms with Crippen molar-refractivity contribution in [3.63, 3.8) is 0 Å². The van der Waals surface area contributed by atoms with Crippen LogP contribution in [0.3, 0.4) is 0 Å². The second-order valence-corrected chi connectivity index (χ2v) is 4.17. The normalized spacial score (nSPS) is 36.4. The number of carbonyl (C=O) groups excluding carboxylic acids is 1. The van der Waals surface area contributed by atoms with Crippen molar-refractivity contribution in [3.05, 3.63) is 10.5 Å². The predicted molar refractivity (Wildman–Crippen MR) is 49.9 cm³/mol. The molecule has 0 aromatic carbocycles. The molecule has 0 amide bonds. The number of Topliss-reactive ketones (excluding diaryl/α,β-unsaturated/α-hetero) is 1. The maximum Gasteiger partial charge on any atom is 0.196 e. The molecule has 0 bridgehead atoms. The van der Waals surface area contributed by atoms with E-state index in [0.29, 0.717) is 5.57 Å². The minimum atomic E-state index is -1.68. The van der Waals surface area contributed by atoms with Crippen molar-refractivity contribution in [2.24, 2.45) is 5.92 Å². The van der Waals surface area contributed by atoms with Gasteiger partial charge in [0.15, 0.2) is 11.5 Å². The average molecular weight is 188 g/mol. The molecule has 0 radical (unpaired) electrons. The van der Waals surface area contributed by atoms with Crippen molar-refractivity contribution >= 4 is 17.5 Å². The third-order valence-corrected chi connectivity index (χ3v) is 3.68. The van der Waals surface area contributed by atoms with Gasteiger partial charge in [0.2, 0.25) is 0 Å². The average Bonchev–Trinajstić information content (AvgIpc) is 2.15. The molecule has 0 saturated heterocycles.